The highest BCUT2D eigenvalue weighted by Gasteiger charge is 1.95. The quantitative estimate of drug-likeness (QED) is 0.616. The molecule has 10 heavy (non-hydrogen) atoms. The first-order chi connectivity index (χ1) is 4.81. The standard InChI is InChI=1S/C5H13NOS.C2H6/c1-2-7-3-5(6)4-8;1-2/h5,8H,2-4,6H2,1H3;1-2H3. The van der Waals surface area contributed by atoms with Crippen molar-refractivity contribution < 1.29 is 4.74 Å². The van der Waals surface area contributed by atoms with E-state index in [1.165, 1.54) is 0 Å². The molecule has 1 atom stereocenters. The van der Waals surface area contributed by atoms with E-state index < -0.39 is 0 Å². The van der Waals surface area contributed by atoms with E-state index in [4.69, 9.17) is 10.5 Å². The Morgan fingerprint density at radius 3 is 2.30 bits per heavy atom. The summed E-state index contributed by atoms with van der Waals surface area (Å²) < 4.78 is 5.01. The molecule has 1 unspecified atom stereocenters. The molecule has 0 aromatic carbocycles. The number of thiol groups is 1. The average Bonchev–Trinajstić information content (AvgIpc) is 2.04. The highest BCUT2D eigenvalue weighted by molar-refractivity contribution is 7.80. The molecule has 0 rings (SSSR count). The zero-order chi connectivity index (χ0) is 8.41. The summed E-state index contributed by atoms with van der Waals surface area (Å²) in [4.78, 5) is 0. The van der Waals surface area contributed by atoms with Crippen molar-refractivity contribution in [2.45, 2.75) is 26.8 Å². The summed E-state index contributed by atoms with van der Waals surface area (Å²) in [5, 5.41) is 0. The minimum Gasteiger partial charge on any atom is -0.380 e. The van der Waals surface area contributed by atoms with Crippen LogP contribution in [0.4, 0.5) is 0 Å². The Morgan fingerprint density at radius 2 is 2.00 bits per heavy atom. The molecular weight excluding hydrogens is 146 g/mol. The molecule has 0 fully saturated rings. The molecule has 0 aliphatic rings. The van der Waals surface area contributed by atoms with Gasteiger partial charge >= 0.3 is 0 Å². The topological polar surface area (TPSA) is 35.2 Å². The van der Waals surface area contributed by atoms with Gasteiger partial charge in [0.15, 0.2) is 0 Å². The second kappa shape index (κ2) is 12.0. The van der Waals surface area contributed by atoms with Crippen LogP contribution in [0.5, 0.6) is 0 Å². The third-order valence-electron chi connectivity index (χ3n) is 0.771. The van der Waals surface area contributed by atoms with E-state index in [0.29, 0.717) is 12.4 Å². The average molecular weight is 165 g/mol. The summed E-state index contributed by atoms with van der Waals surface area (Å²) in [5.74, 6) is 0.694. The van der Waals surface area contributed by atoms with Crippen molar-refractivity contribution in [3.8, 4) is 0 Å². The van der Waals surface area contributed by atoms with Crippen molar-refractivity contribution in [1.29, 1.82) is 0 Å². The van der Waals surface area contributed by atoms with E-state index in [1.54, 1.807) is 0 Å². The van der Waals surface area contributed by atoms with Gasteiger partial charge < -0.3 is 10.5 Å². The molecule has 0 amide bonds. The van der Waals surface area contributed by atoms with Gasteiger partial charge in [-0.2, -0.15) is 12.6 Å². The maximum atomic E-state index is 5.46. The highest BCUT2D eigenvalue weighted by atomic mass is 32.1. The molecule has 2 N–H and O–H groups in total. The molecule has 2 nitrogen and oxygen atoms in total. The predicted octanol–water partition coefficient (Wildman–Crippen LogP) is 1.31. The molecular formula is C7H19NOS. The van der Waals surface area contributed by atoms with Crippen LogP contribution < -0.4 is 5.73 Å². The first-order valence-corrected chi connectivity index (χ1v) is 4.38. The van der Waals surface area contributed by atoms with Crippen molar-refractivity contribution in [1.82, 2.24) is 0 Å². The van der Waals surface area contributed by atoms with Crippen molar-refractivity contribution in [2.75, 3.05) is 19.0 Å². The summed E-state index contributed by atoms with van der Waals surface area (Å²) >= 11 is 3.98. The Balaban J connectivity index is 0. The third-order valence-corrected chi connectivity index (χ3v) is 1.24. The fourth-order valence-electron chi connectivity index (χ4n) is 0.322. The molecule has 0 saturated carbocycles. The predicted molar refractivity (Wildman–Crippen MR) is 49.7 cm³/mol. The summed E-state index contributed by atoms with van der Waals surface area (Å²) in [6.45, 7) is 7.31. The van der Waals surface area contributed by atoms with Gasteiger partial charge in [0.25, 0.3) is 0 Å². The van der Waals surface area contributed by atoms with Crippen molar-refractivity contribution in [3.63, 3.8) is 0 Å². The van der Waals surface area contributed by atoms with Gasteiger partial charge in [-0.15, -0.1) is 0 Å². The lowest BCUT2D eigenvalue weighted by atomic mass is 10.4. The van der Waals surface area contributed by atoms with Crippen molar-refractivity contribution in [2.24, 2.45) is 5.73 Å². The van der Waals surface area contributed by atoms with Crippen LogP contribution in [0, 0.1) is 0 Å². The Bertz CT molecular complexity index is 52.9. The number of nitrogens with two attached hydrogens (primary N) is 1. The molecule has 0 aliphatic heterocycles. The number of rotatable bonds is 4. The minimum absolute atomic E-state index is 0.0956. The molecule has 0 heterocycles. The van der Waals surface area contributed by atoms with E-state index in [0.717, 1.165) is 6.61 Å². The number of hydrogen-bond acceptors (Lipinski definition) is 3. The maximum Gasteiger partial charge on any atom is 0.0625 e. The summed E-state index contributed by atoms with van der Waals surface area (Å²) in [7, 11) is 0. The van der Waals surface area contributed by atoms with Crippen LogP contribution in [0.2, 0.25) is 0 Å². The first-order valence-electron chi connectivity index (χ1n) is 3.75. The van der Waals surface area contributed by atoms with E-state index in [1.807, 2.05) is 20.8 Å². The molecule has 0 aromatic heterocycles. The van der Waals surface area contributed by atoms with Gasteiger partial charge in [-0.05, 0) is 6.92 Å². The normalized spacial score (nSPS) is 11.7. The van der Waals surface area contributed by atoms with E-state index >= 15 is 0 Å². The second-order valence-electron chi connectivity index (χ2n) is 1.60. The lowest BCUT2D eigenvalue weighted by Crippen LogP contribution is -2.27. The Labute approximate surface area is 69.5 Å². The van der Waals surface area contributed by atoms with Gasteiger partial charge in [0.1, 0.15) is 0 Å². The van der Waals surface area contributed by atoms with Crippen molar-refractivity contribution in [3.05, 3.63) is 0 Å². The largest absolute Gasteiger partial charge is 0.380 e. The molecule has 0 bridgehead atoms. The van der Waals surface area contributed by atoms with E-state index in [-0.39, 0.29) is 6.04 Å². The van der Waals surface area contributed by atoms with Crippen LogP contribution >= 0.6 is 12.6 Å². The van der Waals surface area contributed by atoms with Crippen LogP contribution in [-0.2, 0) is 4.74 Å². The summed E-state index contributed by atoms with van der Waals surface area (Å²) in [6.07, 6.45) is 0. The lowest BCUT2D eigenvalue weighted by molar-refractivity contribution is 0.138. The minimum atomic E-state index is 0.0956. The Kier molecular flexibility index (Phi) is 15.5. The first kappa shape index (κ1) is 12.9. The highest BCUT2D eigenvalue weighted by Crippen LogP contribution is 1.83. The zero-order valence-corrected chi connectivity index (χ0v) is 8.03. The Morgan fingerprint density at radius 1 is 1.50 bits per heavy atom. The van der Waals surface area contributed by atoms with E-state index in [9.17, 15) is 0 Å². The smallest absolute Gasteiger partial charge is 0.0625 e. The van der Waals surface area contributed by atoms with Gasteiger partial charge in [-0.1, -0.05) is 13.8 Å². The summed E-state index contributed by atoms with van der Waals surface area (Å²) in [6, 6.07) is 0.0956. The fourth-order valence-corrected chi connectivity index (χ4v) is 0.427. The van der Waals surface area contributed by atoms with Crippen LogP contribution in [-0.4, -0.2) is 25.0 Å². The van der Waals surface area contributed by atoms with Gasteiger partial charge in [0.05, 0.1) is 6.61 Å². The van der Waals surface area contributed by atoms with Gasteiger partial charge in [0.2, 0.25) is 0 Å². The number of ether oxygens (including phenoxy) is 1. The van der Waals surface area contributed by atoms with Gasteiger partial charge in [-0.3, -0.25) is 0 Å². The second-order valence-corrected chi connectivity index (χ2v) is 1.97. The Hall–Kier alpha value is 0.270. The molecule has 3 heteroatoms. The number of hydrogen-bond donors (Lipinski definition) is 2. The SMILES string of the molecule is CC.CCOCC(N)CS. The molecule has 0 aromatic rings. The molecule has 0 spiro atoms. The molecule has 64 valence electrons. The van der Waals surface area contributed by atoms with Gasteiger partial charge in [0, 0.05) is 18.4 Å². The lowest BCUT2D eigenvalue weighted by Gasteiger charge is -2.05. The van der Waals surface area contributed by atoms with Crippen LogP contribution in [0.15, 0.2) is 0 Å². The van der Waals surface area contributed by atoms with Gasteiger partial charge in [-0.25, -0.2) is 0 Å². The van der Waals surface area contributed by atoms with Crippen LogP contribution in [0.25, 0.3) is 0 Å². The molecule has 0 radical (unpaired) electrons. The third kappa shape index (κ3) is 11.1. The van der Waals surface area contributed by atoms with Crippen LogP contribution in [0.3, 0.4) is 0 Å². The van der Waals surface area contributed by atoms with Crippen LogP contribution in [0.1, 0.15) is 20.8 Å². The summed E-state index contributed by atoms with van der Waals surface area (Å²) in [5.41, 5.74) is 5.46. The van der Waals surface area contributed by atoms with Crippen molar-refractivity contribution >= 4 is 12.6 Å². The zero-order valence-electron chi connectivity index (χ0n) is 7.13. The fraction of sp³-hybridized carbons (Fsp3) is 1.00. The molecule has 0 aliphatic carbocycles. The molecule has 0 saturated heterocycles. The van der Waals surface area contributed by atoms with E-state index in [2.05, 4.69) is 12.6 Å². The maximum absolute atomic E-state index is 5.46. The monoisotopic (exact) mass is 165 g/mol.